The van der Waals surface area contributed by atoms with Gasteiger partial charge in [-0.3, -0.25) is 14.4 Å². The van der Waals surface area contributed by atoms with E-state index in [1.807, 2.05) is 6.08 Å². The molecular weight excluding hydrogens is 636 g/mol. The predicted molar refractivity (Wildman–Crippen MR) is 215 cm³/mol. The number of allylic oxidation sites excluding steroid dienone is 8. The second-order valence-electron chi connectivity index (χ2n) is 13.9. The molecule has 0 amide bonds. The molecule has 0 saturated carbocycles. The van der Waals surface area contributed by atoms with Crippen molar-refractivity contribution in [1.29, 1.82) is 0 Å². The molecular formula is C45H78O6. The highest BCUT2D eigenvalue weighted by Gasteiger charge is 2.19. The second kappa shape index (κ2) is 40.1. The number of unbranched alkanes of at least 4 members (excludes halogenated alkanes) is 18. The Morgan fingerprint density at radius 2 is 0.784 bits per heavy atom. The van der Waals surface area contributed by atoms with Crippen molar-refractivity contribution in [3.8, 4) is 0 Å². The first kappa shape index (κ1) is 48.4. The van der Waals surface area contributed by atoms with Crippen LogP contribution in [0.1, 0.15) is 201 Å². The topological polar surface area (TPSA) is 78.9 Å². The van der Waals surface area contributed by atoms with Crippen molar-refractivity contribution in [3.63, 3.8) is 0 Å². The number of rotatable bonds is 37. The van der Waals surface area contributed by atoms with Crippen LogP contribution in [-0.4, -0.2) is 37.2 Å². The zero-order valence-electron chi connectivity index (χ0n) is 33.4. The smallest absolute Gasteiger partial charge is 0.306 e. The van der Waals surface area contributed by atoms with Gasteiger partial charge >= 0.3 is 17.9 Å². The van der Waals surface area contributed by atoms with E-state index in [4.69, 9.17) is 14.2 Å². The molecule has 0 spiro atoms. The maximum Gasteiger partial charge on any atom is 0.306 e. The van der Waals surface area contributed by atoms with Crippen LogP contribution in [0.4, 0.5) is 0 Å². The van der Waals surface area contributed by atoms with Gasteiger partial charge in [0.05, 0.1) is 0 Å². The van der Waals surface area contributed by atoms with Crippen LogP contribution in [0.2, 0.25) is 0 Å². The molecule has 51 heavy (non-hydrogen) atoms. The van der Waals surface area contributed by atoms with Gasteiger partial charge in [-0.05, 0) is 77.0 Å². The molecule has 0 aliphatic rings. The lowest BCUT2D eigenvalue weighted by Gasteiger charge is -2.18. The number of ether oxygens (including phenoxy) is 3. The molecule has 0 N–H and O–H groups in total. The minimum absolute atomic E-state index is 0.109. The molecule has 0 aliphatic carbocycles. The van der Waals surface area contributed by atoms with Crippen LogP contribution >= 0.6 is 0 Å². The summed E-state index contributed by atoms with van der Waals surface area (Å²) in [6.45, 7) is 6.44. The Kier molecular flexibility index (Phi) is 38.1. The largest absolute Gasteiger partial charge is 0.462 e. The first-order chi connectivity index (χ1) is 25.0. The quantitative estimate of drug-likeness (QED) is 0.0276. The SMILES string of the molecule is CCCC/C=C\CCCCCCCC(=O)OC(COC(=O)CC/C=C\C/C=C\CCCCCCCC)COC(=O)CCC/C=C\CCCCCC. The van der Waals surface area contributed by atoms with Crippen molar-refractivity contribution in [3.05, 3.63) is 48.6 Å². The molecule has 0 aromatic heterocycles. The molecule has 0 aromatic rings. The molecule has 0 heterocycles. The molecule has 6 nitrogen and oxygen atoms in total. The van der Waals surface area contributed by atoms with Crippen molar-refractivity contribution < 1.29 is 28.6 Å². The summed E-state index contributed by atoms with van der Waals surface area (Å²) in [6, 6.07) is 0. The summed E-state index contributed by atoms with van der Waals surface area (Å²) < 4.78 is 16.5. The van der Waals surface area contributed by atoms with Crippen molar-refractivity contribution in [1.82, 2.24) is 0 Å². The lowest BCUT2D eigenvalue weighted by atomic mass is 10.1. The number of hydrogen-bond donors (Lipinski definition) is 0. The maximum atomic E-state index is 12.6. The average molecular weight is 715 g/mol. The molecule has 0 bridgehead atoms. The number of esters is 3. The molecule has 294 valence electrons. The Balaban J connectivity index is 4.49. The van der Waals surface area contributed by atoms with E-state index >= 15 is 0 Å². The highest BCUT2D eigenvalue weighted by Crippen LogP contribution is 2.12. The summed E-state index contributed by atoms with van der Waals surface area (Å²) >= 11 is 0. The number of hydrogen-bond acceptors (Lipinski definition) is 6. The van der Waals surface area contributed by atoms with E-state index in [9.17, 15) is 14.4 Å². The zero-order chi connectivity index (χ0) is 37.3. The van der Waals surface area contributed by atoms with Gasteiger partial charge in [0.25, 0.3) is 0 Å². The molecule has 0 fully saturated rings. The number of carbonyl (C=O) groups is 3. The van der Waals surface area contributed by atoms with Crippen LogP contribution < -0.4 is 0 Å². The maximum absolute atomic E-state index is 12.6. The first-order valence-corrected chi connectivity index (χ1v) is 21.1. The van der Waals surface area contributed by atoms with Gasteiger partial charge in [0, 0.05) is 19.3 Å². The minimum atomic E-state index is -0.805. The molecule has 0 saturated heterocycles. The lowest BCUT2D eigenvalue weighted by Crippen LogP contribution is -2.30. The first-order valence-electron chi connectivity index (χ1n) is 21.1. The molecule has 6 heteroatoms. The Hall–Kier alpha value is -2.63. The van der Waals surface area contributed by atoms with Crippen molar-refractivity contribution >= 4 is 17.9 Å². The van der Waals surface area contributed by atoms with E-state index < -0.39 is 6.10 Å². The van der Waals surface area contributed by atoms with Crippen LogP contribution in [-0.2, 0) is 28.6 Å². The van der Waals surface area contributed by atoms with E-state index in [1.54, 1.807) is 0 Å². The zero-order valence-corrected chi connectivity index (χ0v) is 33.4. The molecule has 1 unspecified atom stereocenters. The van der Waals surface area contributed by atoms with Gasteiger partial charge in [-0.1, -0.05) is 153 Å². The fourth-order valence-corrected chi connectivity index (χ4v) is 5.54. The van der Waals surface area contributed by atoms with Crippen LogP contribution in [0.5, 0.6) is 0 Å². The summed E-state index contributed by atoms with van der Waals surface area (Å²) in [5.41, 5.74) is 0. The standard InChI is InChI=1S/C45H78O6/c1-4-7-10-13-16-19-21-22-24-26-29-32-35-38-44(47)50-41-42(40-49-43(46)37-34-31-28-25-18-15-12-9-6-3)51-45(48)39-36-33-30-27-23-20-17-14-11-8-5-2/h14,17,22,24-25,28-29,32,42H,4-13,15-16,18-21,23,26-27,30-31,33-41H2,1-3H3/b17-14-,24-22-,28-25-,32-29-. The van der Waals surface area contributed by atoms with E-state index in [1.165, 1.54) is 89.9 Å². The van der Waals surface area contributed by atoms with E-state index in [-0.39, 0.29) is 37.5 Å². The Labute approximate surface area is 314 Å². The van der Waals surface area contributed by atoms with Gasteiger partial charge in [0.2, 0.25) is 0 Å². The van der Waals surface area contributed by atoms with Gasteiger partial charge in [-0.15, -0.1) is 0 Å². The lowest BCUT2D eigenvalue weighted by molar-refractivity contribution is -0.166. The molecule has 0 aliphatic heterocycles. The van der Waals surface area contributed by atoms with Gasteiger partial charge in [0.1, 0.15) is 13.2 Å². The highest BCUT2D eigenvalue weighted by molar-refractivity contribution is 5.71. The van der Waals surface area contributed by atoms with Crippen LogP contribution in [0.3, 0.4) is 0 Å². The third-order valence-electron chi connectivity index (χ3n) is 8.79. The summed E-state index contributed by atoms with van der Waals surface area (Å²) in [4.78, 5) is 37.5. The fraction of sp³-hybridized carbons (Fsp3) is 0.756. The summed E-state index contributed by atoms with van der Waals surface area (Å²) in [6.07, 6.45) is 45.4. The van der Waals surface area contributed by atoms with Gasteiger partial charge in [-0.2, -0.15) is 0 Å². The van der Waals surface area contributed by atoms with Crippen molar-refractivity contribution in [2.24, 2.45) is 0 Å². The normalized spacial score (nSPS) is 12.5. The fourth-order valence-electron chi connectivity index (χ4n) is 5.54. The van der Waals surface area contributed by atoms with E-state index in [0.717, 1.165) is 57.8 Å². The van der Waals surface area contributed by atoms with Crippen LogP contribution in [0.15, 0.2) is 48.6 Å². The Morgan fingerprint density at radius 3 is 1.35 bits per heavy atom. The minimum Gasteiger partial charge on any atom is -0.462 e. The highest BCUT2D eigenvalue weighted by atomic mass is 16.6. The Bertz CT molecular complexity index is 918. The number of carbonyl (C=O) groups excluding carboxylic acids is 3. The third-order valence-corrected chi connectivity index (χ3v) is 8.79. The Morgan fingerprint density at radius 1 is 0.392 bits per heavy atom. The summed E-state index contributed by atoms with van der Waals surface area (Å²) in [5.74, 6) is -1.03. The third kappa shape index (κ3) is 38.4. The van der Waals surface area contributed by atoms with Crippen molar-refractivity contribution in [2.75, 3.05) is 13.2 Å². The molecule has 0 aromatic carbocycles. The summed E-state index contributed by atoms with van der Waals surface area (Å²) in [7, 11) is 0. The van der Waals surface area contributed by atoms with Crippen LogP contribution in [0.25, 0.3) is 0 Å². The molecule has 0 radical (unpaired) electrons. The average Bonchev–Trinajstić information content (AvgIpc) is 3.12. The van der Waals surface area contributed by atoms with E-state index in [2.05, 4.69) is 63.3 Å². The molecule has 0 rings (SSSR count). The molecule has 1 atom stereocenters. The predicted octanol–water partition coefficient (Wildman–Crippen LogP) is 13.2. The second-order valence-corrected chi connectivity index (χ2v) is 13.9. The van der Waals surface area contributed by atoms with Gasteiger partial charge in [0.15, 0.2) is 6.10 Å². The monoisotopic (exact) mass is 715 g/mol. The van der Waals surface area contributed by atoms with E-state index in [0.29, 0.717) is 25.7 Å². The van der Waals surface area contributed by atoms with Crippen LogP contribution in [0, 0.1) is 0 Å². The van der Waals surface area contributed by atoms with Gasteiger partial charge in [-0.25, -0.2) is 0 Å². The summed E-state index contributed by atoms with van der Waals surface area (Å²) in [5, 5.41) is 0. The van der Waals surface area contributed by atoms with Crippen molar-refractivity contribution in [2.45, 2.75) is 207 Å². The van der Waals surface area contributed by atoms with Gasteiger partial charge < -0.3 is 14.2 Å².